The molecule has 1 aromatic carbocycles. The number of halogens is 2. The van der Waals surface area contributed by atoms with Gasteiger partial charge in [0, 0.05) is 17.8 Å². The molecule has 1 aliphatic heterocycles. The number of aromatic nitrogens is 1. The summed E-state index contributed by atoms with van der Waals surface area (Å²) >= 11 is 0. The average molecular weight is 332 g/mol. The van der Waals surface area contributed by atoms with E-state index in [1.165, 1.54) is 41.1 Å². The highest BCUT2D eigenvalue weighted by atomic mass is 19.1. The van der Waals surface area contributed by atoms with Crippen molar-refractivity contribution in [2.45, 2.75) is 17.7 Å². The van der Waals surface area contributed by atoms with Gasteiger partial charge in [-0.15, -0.1) is 0 Å². The van der Waals surface area contributed by atoms with Crippen molar-refractivity contribution in [3.8, 4) is 11.8 Å². The first-order valence-corrected chi connectivity index (χ1v) is 7.26. The number of nitriles is 1. The Kier molecular flexibility index (Phi) is 4.08. The lowest BCUT2D eigenvalue weighted by atomic mass is 9.84. The molecule has 0 aliphatic carbocycles. The van der Waals surface area contributed by atoms with Crippen molar-refractivity contribution in [2.24, 2.45) is 0 Å². The maximum atomic E-state index is 13.5. The fraction of sp³-hybridized carbons (Fsp3) is 0.294. The van der Waals surface area contributed by atoms with Crippen molar-refractivity contribution in [1.29, 1.82) is 5.26 Å². The van der Waals surface area contributed by atoms with E-state index >= 15 is 0 Å². The summed E-state index contributed by atoms with van der Waals surface area (Å²) in [6.45, 7) is -2.52. The first-order chi connectivity index (χ1) is 11.6. The molecular weight excluding hydrogens is 318 g/mol. The summed E-state index contributed by atoms with van der Waals surface area (Å²) < 4.78 is 33.7. The van der Waals surface area contributed by atoms with Crippen molar-refractivity contribution in [3.63, 3.8) is 0 Å². The molecule has 7 heteroatoms. The Balaban J connectivity index is 2.27. The monoisotopic (exact) mass is 332 g/mol. The van der Waals surface area contributed by atoms with E-state index < -0.39 is 36.7 Å². The van der Waals surface area contributed by atoms with E-state index in [1.54, 1.807) is 6.07 Å². The Hall–Kier alpha value is -2.72. The van der Waals surface area contributed by atoms with Crippen LogP contribution in [0, 0.1) is 11.3 Å². The first-order valence-electron chi connectivity index (χ1n) is 7.26. The summed E-state index contributed by atoms with van der Waals surface area (Å²) in [5.41, 5.74) is -1.93. The van der Waals surface area contributed by atoms with Crippen molar-refractivity contribution in [1.82, 2.24) is 4.57 Å². The number of benzene rings is 1. The van der Waals surface area contributed by atoms with E-state index in [2.05, 4.69) is 0 Å². The molecule has 0 amide bonds. The molecule has 0 fully saturated rings. The Morgan fingerprint density at radius 3 is 2.67 bits per heavy atom. The Labute approximate surface area is 136 Å². The summed E-state index contributed by atoms with van der Waals surface area (Å²) in [4.78, 5) is 12.2. The van der Waals surface area contributed by atoms with Crippen molar-refractivity contribution in [2.75, 3.05) is 13.3 Å². The Bertz CT molecular complexity index is 855. The van der Waals surface area contributed by atoms with Gasteiger partial charge < -0.3 is 14.4 Å². The van der Waals surface area contributed by atoms with Gasteiger partial charge in [-0.25, -0.2) is 8.78 Å². The number of hydrogen-bond donors (Lipinski definition) is 1. The van der Waals surface area contributed by atoms with Crippen molar-refractivity contribution < 1.29 is 18.6 Å². The number of alkyl halides is 2. The molecule has 0 unspecified atom stereocenters. The highest BCUT2D eigenvalue weighted by molar-refractivity contribution is 5.47. The van der Waals surface area contributed by atoms with E-state index in [4.69, 9.17) is 10.00 Å². The quantitative estimate of drug-likeness (QED) is 0.929. The molecule has 124 valence electrons. The highest BCUT2D eigenvalue weighted by Crippen LogP contribution is 2.42. The molecule has 0 saturated carbocycles. The van der Waals surface area contributed by atoms with Crippen LogP contribution in [-0.4, -0.2) is 34.7 Å². The maximum absolute atomic E-state index is 13.5. The molecule has 1 aromatic heterocycles. The van der Waals surface area contributed by atoms with Gasteiger partial charge in [0.05, 0.1) is 17.7 Å². The number of hydrogen-bond acceptors (Lipinski definition) is 4. The van der Waals surface area contributed by atoms with E-state index in [9.17, 15) is 18.7 Å². The summed E-state index contributed by atoms with van der Waals surface area (Å²) in [6.07, 6.45) is -0.222. The van der Waals surface area contributed by atoms with Crippen LogP contribution in [0.5, 0.6) is 5.75 Å². The lowest BCUT2D eigenvalue weighted by Gasteiger charge is -2.43. The number of aliphatic hydroxyl groups is 1. The number of aliphatic hydroxyl groups excluding tert-OH is 1. The molecule has 0 radical (unpaired) electrons. The number of fused-ring (bicyclic) bond motifs is 1. The summed E-state index contributed by atoms with van der Waals surface area (Å²) in [5, 5.41) is 19.7. The molecule has 24 heavy (non-hydrogen) atoms. The molecule has 1 N–H and O–H groups in total. The average Bonchev–Trinajstić information content (AvgIpc) is 2.62. The van der Waals surface area contributed by atoms with Gasteiger partial charge in [0.25, 0.3) is 5.56 Å². The number of pyridine rings is 1. The van der Waals surface area contributed by atoms with Crippen LogP contribution in [0.1, 0.15) is 17.2 Å². The highest BCUT2D eigenvalue weighted by Gasteiger charge is 2.51. The zero-order chi connectivity index (χ0) is 17.3. The van der Waals surface area contributed by atoms with Crippen molar-refractivity contribution >= 4 is 0 Å². The predicted molar refractivity (Wildman–Crippen MR) is 81.3 cm³/mol. The molecule has 0 bridgehead atoms. The van der Waals surface area contributed by atoms with Gasteiger partial charge in [-0.1, -0.05) is 6.07 Å². The van der Waals surface area contributed by atoms with Crippen LogP contribution in [0.2, 0.25) is 0 Å². The standard InChI is InChI=1S/C17H14F2N2O3/c18-9-17(10-19)16(23)15(21-6-2-1-3-14(21)22)12-7-11(8-20)4-5-13(12)24-17/h1-7,15-16,23H,9-10H2/t15-,16+/m0/s1. The Morgan fingerprint density at radius 1 is 1.29 bits per heavy atom. The minimum atomic E-state index is -2.10. The molecule has 2 atom stereocenters. The second-order valence-electron chi connectivity index (χ2n) is 5.63. The maximum Gasteiger partial charge on any atom is 0.251 e. The van der Waals surface area contributed by atoms with E-state index in [0.29, 0.717) is 5.56 Å². The van der Waals surface area contributed by atoms with Crippen LogP contribution >= 0.6 is 0 Å². The summed E-state index contributed by atoms with van der Waals surface area (Å²) in [5.74, 6) is 0.135. The van der Waals surface area contributed by atoms with Gasteiger partial charge in [-0.05, 0) is 24.3 Å². The van der Waals surface area contributed by atoms with Gasteiger partial charge in [0.1, 0.15) is 25.2 Å². The number of nitrogens with zero attached hydrogens (tertiary/aromatic N) is 2. The predicted octanol–water partition coefficient (Wildman–Crippen LogP) is 1.74. The van der Waals surface area contributed by atoms with Gasteiger partial charge in [-0.3, -0.25) is 4.79 Å². The van der Waals surface area contributed by atoms with Crippen LogP contribution in [-0.2, 0) is 0 Å². The largest absolute Gasteiger partial charge is 0.479 e. The van der Waals surface area contributed by atoms with Gasteiger partial charge in [0.15, 0.2) is 5.60 Å². The smallest absolute Gasteiger partial charge is 0.251 e. The molecule has 2 heterocycles. The lowest BCUT2D eigenvalue weighted by Crippen LogP contribution is -2.58. The molecule has 0 saturated heterocycles. The second-order valence-corrected chi connectivity index (χ2v) is 5.63. The minimum Gasteiger partial charge on any atom is -0.479 e. The van der Waals surface area contributed by atoms with E-state index in [0.717, 1.165) is 0 Å². The van der Waals surface area contributed by atoms with E-state index in [-0.39, 0.29) is 11.3 Å². The second kappa shape index (κ2) is 6.06. The molecule has 1 aliphatic rings. The number of rotatable bonds is 3. The van der Waals surface area contributed by atoms with Crippen molar-refractivity contribution in [3.05, 3.63) is 64.1 Å². The normalized spacial score (nSPS) is 21.4. The molecule has 3 rings (SSSR count). The van der Waals surface area contributed by atoms with Gasteiger partial charge in [-0.2, -0.15) is 5.26 Å². The van der Waals surface area contributed by atoms with Crippen LogP contribution in [0.4, 0.5) is 8.78 Å². The lowest BCUT2D eigenvalue weighted by molar-refractivity contribution is -0.110. The van der Waals surface area contributed by atoms with Crippen LogP contribution < -0.4 is 10.3 Å². The zero-order valence-corrected chi connectivity index (χ0v) is 12.5. The Morgan fingerprint density at radius 2 is 2.04 bits per heavy atom. The molecule has 0 spiro atoms. The summed E-state index contributed by atoms with van der Waals surface area (Å²) in [7, 11) is 0. The van der Waals surface area contributed by atoms with Crippen LogP contribution in [0.15, 0.2) is 47.4 Å². The molecule has 2 aromatic rings. The third-order valence-corrected chi connectivity index (χ3v) is 4.21. The van der Waals surface area contributed by atoms with Crippen LogP contribution in [0.25, 0.3) is 0 Å². The SMILES string of the molecule is N#Cc1ccc2c(c1)[C@H](n1ccccc1=O)[C@@H](O)C(CF)(CF)O2. The van der Waals surface area contributed by atoms with Crippen LogP contribution in [0.3, 0.4) is 0 Å². The summed E-state index contributed by atoms with van der Waals surface area (Å²) in [6, 6.07) is 9.58. The zero-order valence-electron chi connectivity index (χ0n) is 12.5. The topological polar surface area (TPSA) is 75.2 Å². The molecule has 5 nitrogen and oxygen atoms in total. The third-order valence-electron chi connectivity index (χ3n) is 4.21. The fourth-order valence-corrected chi connectivity index (χ4v) is 2.90. The minimum absolute atomic E-state index is 0.135. The third kappa shape index (κ3) is 2.36. The van der Waals surface area contributed by atoms with Gasteiger partial charge in [0.2, 0.25) is 0 Å². The number of ether oxygens (including phenoxy) is 1. The molecular formula is C17H14F2N2O3. The fourth-order valence-electron chi connectivity index (χ4n) is 2.90. The van der Waals surface area contributed by atoms with Gasteiger partial charge >= 0.3 is 0 Å². The first kappa shape index (κ1) is 16.1. The van der Waals surface area contributed by atoms with E-state index in [1.807, 2.05) is 6.07 Å².